The molecule has 0 fully saturated rings. The summed E-state index contributed by atoms with van der Waals surface area (Å²) in [4.78, 5) is 5.91. The first-order valence-corrected chi connectivity index (χ1v) is 7.65. The van der Waals surface area contributed by atoms with Crippen molar-refractivity contribution in [2.24, 2.45) is 0 Å². The van der Waals surface area contributed by atoms with Crippen molar-refractivity contribution in [3.63, 3.8) is 0 Å². The van der Waals surface area contributed by atoms with Gasteiger partial charge in [-0.2, -0.15) is 0 Å². The third kappa shape index (κ3) is 2.01. The van der Waals surface area contributed by atoms with Crippen LogP contribution in [-0.2, 0) is 12.8 Å². The van der Waals surface area contributed by atoms with E-state index in [-0.39, 0.29) is 0 Å². The quantitative estimate of drug-likeness (QED) is 0.875. The zero-order valence-electron chi connectivity index (χ0n) is 13.1. The molecule has 2 aromatic rings. The number of H-pyrrole nitrogens is 1. The van der Waals surface area contributed by atoms with Crippen molar-refractivity contribution in [1.82, 2.24) is 9.88 Å². The molecule has 4 heteroatoms. The van der Waals surface area contributed by atoms with Crippen LogP contribution in [0.4, 0.5) is 0 Å². The molecule has 0 amide bonds. The third-order valence-electron chi connectivity index (χ3n) is 4.67. The molecule has 21 heavy (non-hydrogen) atoms. The van der Waals surface area contributed by atoms with E-state index in [4.69, 9.17) is 9.47 Å². The van der Waals surface area contributed by atoms with Crippen LogP contribution in [0.5, 0.6) is 11.5 Å². The van der Waals surface area contributed by atoms with E-state index in [1.165, 1.54) is 28.6 Å². The number of nitrogens with one attached hydrogen (secondary N) is 1. The summed E-state index contributed by atoms with van der Waals surface area (Å²) >= 11 is 0. The summed E-state index contributed by atoms with van der Waals surface area (Å²) < 4.78 is 11.7. The van der Waals surface area contributed by atoms with Crippen molar-refractivity contribution < 1.29 is 9.47 Å². The Morgan fingerprint density at radius 1 is 1.19 bits per heavy atom. The summed E-state index contributed by atoms with van der Waals surface area (Å²) in [5.74, 6) is 1.14. The van der Waals surface area contributed by atoms with Gasteiger partial charge in [-0.15, -0.1) is 0 Å². The average Bonchev–Trinajstić information content (AvgIpc) is 2.89. The summed E-state index contributed by atoms with van der Waals surface area (Å²) in [5.41, 5.74) is 4.00. The first-order valence-electron chi connectivity index (χ1n) is 7.65. The number of benzene rings is 1. The summed E-state index contributed by atoms with van der Waals surface area (Å²) in [6.45, 7) is 3.89. The van der Waals surface area contributed by atoms with E-state index in [2.05, 4.69) is 36.1 Å². The predicted molar refractivity (Wildman–Crippen MR) is 83.1 cm³/mol. The molecular formula is C17H22N2O2. The normalized spacial score (nSPS) is 22.8. The monoisotopic (exact) mass is 286 g/mol. The molecule has 2 heterocycles. The van der Waals surface area contributed by atoms with E-state index in [1.54, 1.807) is 0 Å². The molecule has 0 spiro atoms. The second-order valence-corrected chi connectivity index (χ2v) is 6.89. The van der Waals surface area contributed by atoms with Gasteiger partial charge in [-0.3, -0.25) is 0 Å². The molecule has 1 aromatic heterocycles. The second-order valence-electron chi connectivity index (χ2n) is 6.89. The largest absolute Gasteiger partial charge is 0.449 e. The Morgan fingerprint density at radius 3 is 2.62 bits per heavy atom. The van der Waals surface area contributed by atoms with E-state index in [1.807, 2.05) is 13.8 Å². The zero-order valence-corrected chi connectivity index (χ0v) is 13.1. The van der Waals surface area contributed by atoms with Crippen molar-refractivity contribution in [2.45, 2.75) is 44.9 Å². The van der Waals surface area contributed by atoms with Crippen molar-refractivity contribution in [2.75, 3.05) is 14.1 Å². The Kier molecular flexibility index (Phi) is 2.58. The fraction of sp³-hybridized carbons (Fsp3) is 0.529. The Morgan fingerprint density at radius 2 is 1.90 bits per heavy atom. The number of nitrogens with zero attached hydrogens (tertiary/aromatic N) is 1. The minimum absolute atomic E-state index is 0.562. The van der Waals surface area contributed by atoms with E-state index in [0.717, 1.165) is 24.3 Å². The van der Waals surface area contributed by atoms with Crippen LogP contribution < -0.4 is 9.47 Å². The standard InChI is InChI=1S/C17H22N2O2/c1-17(2)20-15-8-12-11-7-10(19(3)4)5-6-13(11)18-14(12)9-16(15)21-17/h8-10,18H,5-7H2,1-4H3. The maximum Gasteiger partial charge on any atom is 0.246 e. The molecule has 0 radical (unpaired) electrons. The highest BCUT2D eigenvalue weighted by Gasteiger charge is 2.33. The van der Waals surface area contributed by atoms with E-state index in [9.17, 15) is 0 Å². The third-order valence-corrected chi connectivity index (χ3v) is 4.67. The van der Waals surface area contributed by atoms with Crippen molar-refractivity contribution in [1.29, 1.82) is 0 Å². The highest BCUT2D eigenvalue weighted by Crippen LogP contribution is 2.43. The Hall–Kier alpha value is -1.68. The highest BCUT2D eigenvalue weighted by molar-refractivity contribution is 5.88. The average molecular weight is 286 g/mol. The van der Waals surface area contributed by atoms with Gasteiger partial charge in [-0.25, -0.2) is 0 Å². The number of aromatic amines is 1. The van der Waals surface area contributed by atoms with Gasteiger partial charge in [0.1, 0.15) is 0 Å². The van der Waals surface area contributed by atoms with Crippen LogP contribution in [0.25, 0.3) is 10.9 Å². The van der Waals surface area contributed by atoms with E-state index >= 15 is 0 Å². The van der Waals surface area contributed by atoms with Gasteiger partial charge < -0.3 is 19.4 Å². The molecule has 0 saturated carbocycles. The lowest BCUT2D eigenvalue weighted by Gasteiger charge is -2.28. The van der Waals surface area contributed by atoms with Crippen LogP contribution in [0.15, 0.2) is 12.1 Å². The van der Waals surface area contributed by atoms with Crippen molar-refractivity contribution >= 4 is 10.9 Å². The smallest absolute Gasteiger partial charge is 0.246 e. The molecular weight excluding hydrogens is 264 g/mol. The second kappa shape index (κ2) is 4.17. The van der Waals surface area contributed by atoms with Crippen molar-refractivity contribution in [3.8, 4) is 11.5 Å². The van der Waals surface area contributed by atoms with Crippen LogP contribution in [0, 0.1) is 0 Å². The molecule has 1 aromatic carbocycles. The predicted octanol–water partition coefficient (Wildman–Crippen LogP) is 3.09. The van der Waals surface area contributed by atoms with Gasteiger partial charge in [-0.05, 0) is 45.0 Å². The zero-order chi connectivity index (χ0) is 14.8. The Balaban J connectivity index is 1.81. The van der Waals surface area contributed by atoms with Crippen LogP contribution in [0.1, 0.15) is 31.5 Å². The SMILES string of the molecule is CN(C)C1CCc2[nH]c3cc4c(cc3c2C1)OC(C)(C)O4. The van der Waals surface area contributed by atoms with Gasteiger partial charge in [0.15, 0.2) is 11.5 Å². The van der Waals surface area contributed by atoms with Crippen LogP contribution in [0.2, 0.25) is 0 Å². The lowest BCUT2D eigenvalue weighted by atomic mass is 9.91. The number of hydrogen-bond acceptors (Lipinski definition) is 3. The lowest BCUT2D eigenvalue weighted by Crippen LogP contribution is -2.33. The Labute approximate surface area is 125 Å². The molecule has 2 aliphatic rings. The molecule has 112 valence electrons. The number of rotatable bonds is 1. The summed E-state index contributed by atoms with van der Waals surface area (Å²) in [6, 6.07) is 4.85. The minimum Gasteiger partial charge on any atom is -0.449 e. The summed E-state index contributed by atoms with van der Waals surface area (Å²) in [6.07, 6.45) is 3.43. The van der Waals surface area contributed by atoms with Crippen LogP contribution >= 0.6 is 0 Å². The number of likely N-dealkylation sites (N-methyl/N-ethyl adjacent to an activating group) is 1. The van der Waals surface area contributed by atoms with Gasteiger partial charge in [-0.1, -0.05) is 0 Å². The first-order chi connectivity index (χ1) is 9.93. The molecule has 1 unspecified atom stereocenters. The lowest BCUT2D eigenvalue weighted by molar-refractivity contribution is -0.0431. The number of ether oxygens (including phenoxy) is 2. The topological polar surface area (TPSA) is 37.5 Å². The van der Waals surface area contributed by atoms with Gasteiger partial charge in [0.25, 0.3) is 0 Å². The number of fused-ring (bicyclic) bond motifs is 4. The van der Waals surface area contributed by atoms with Gasteiger partial charge in [0.2, 0.25) is 5.79 Å². The van der Waals surface area contributed by atoms with Gasteiger partial charge in [0.05, 0.1) is 0 Å². The number of aromatic nitrogens is 1. The van der Waals surface area contributed by atoms with E-state index in [0.29, 0.717) is 6.04 Å². The summed E-state index contributed by atoms with van der Waals surface area (Å²) in [7, 11) is 4.34. The molecule has 1 atom stereocenters. The van der Waals surface area contributed by atoms with Gasteiger partial charge in [0, 0.05) is 42.6 Å². The maximum absolute atomic E-state index is 5.89. The molecule has 1 aliphatic heterocycles. The minimum atomic E-state index is -0.562. The molecule has 0 bridgehead atoms. The summed E-state index contributed by atoms with van der Waals surface area (Å²) in [5, 5.41) is 1.29. The molecule has 4 nitrogen and oxygen atoms in total. The molecule has 0 saturated heterocycles. The Bertz CT molecular complexity index is 715. The number of aryl methyl sites for hydroxylation is 1. The van der Waals surface area contributed by atoms with Gasteiger partial charge >= 0.3 is 0 Å². The van der Waals surface area contributed by atoms with E-state index < -0.39 is 5.79 Å². The molecule has 1 aliphatic carbocycles. The molecule has 4 rings (SSSR count). The fourth-order valence-corrected chi connectivity index (χ4v) is 3.56. The maximum atomic E-state index is 5.89. The highest BCUT2D eigenvalue weighted by atomic mass is 16.7. The fourth-order valence-electron chi connectivity index (χ4n) is 3.56. The van der Waals surface area contributed by atoms with Crippen LogP contribution in [-0.4, -0.2) is 35.8 Å². The molecule has 1 N–H and O–H groups in total. The number of hydrogen-bond donors (Lipinski definition) is 1. The van der Waals surface area contributed by atoms with Crippen LogP contribution in [0.3, 0.4) is 0 Å². The van der Waals surface area contributed by atoms with Crippen molar-refractivity contribution in [3.05, 3.63) is 23.4 Å². The first kappa shape index (κ1) is 13.0.